The van der Waals surface area contributed by atoms with E-state index in [1.165, 1.54) is 0 Å². The molecule has 6 nitrogen and oxygen atoms in total. The van der Waals surface area contributed by atoms with Crippen LogP contribution < -0.4 is 5.73 Å². The topological polar surface area (TPSA) is 82.0 Å². The van der Waals surface area contributed by atoms with E-state index < -0.39 is 0 Å². The molecule has 0 aliphatic heterocycles. The number of fused-ring (bicyclic) bond motifs is 1. The number of nitrogens with two attached hydrogens (primary N) is 1. The maximum Gasteiger partial charge on any atom is 0.255 e. The van der Waals surface area contributed by atoms with Crippen molar-refractivity contribution in [3.8, 4) is 11.4 Å². The smallest absolute Gasteiger partial charge is 0.255 e. The van der Waals surface area contributed by atoms with Crippen LogP contribution in [-0.4, -0.2) is 24.6 Å². The Labute approximate surface area is 97.2 Å². The third-order valence-electron chi connectivity index (χ3n) is 2.47. The molecular formula is C11H10N6. The summed E-state index contributed by atoms with van der Waals surface area (Å²) in [6.45, 7) is 0.406. The van der Waals surface area contributed by atoms with Crippen molar-refractivity contribution >= 4 is 5.78 Å². The zero-order chi connectivity index (χ0) is 11.7. The highest BCUT2D eigenvalue weighted by atomic mass is 15.3. The summed E-state index contributed by atoms with van der Waals surface area (Å²) < 4.78 is 1.83. The molecule has 0 spiro atoms. The van der Waals surface area contributed by atoms with Gasteiger partial charge in [0.05, 0.1) is 5.69 Å². The van der Waals surface area contributed by atoms with Gasteiger partial charge >= 0.3 is 0 Å². The van der Waals surface area contributed by atoms with Crippen molar-refractivity contribution in [1.29, 1.82) is 0 Å². The van der Waals surface area contributed by atoms with Crippen molar-refractivity contribution in [1.82, 2.24) is 24.6 Å². The van der Waals surface area contributed by atoms with Crippen LogP contribution in [0.25, 0.3) is 17.2 Å². The van der Waals surface area contributed by atoms with Crippen molar-refractivity contribution < 1.29 is 0 Å². The van der Waals surface area contributed by atoms with E-state index in [2.05, 4.69) is 20.2 Å². The molecule has 3 rings (SSSR count). The predicted octanol–water partition coefficient (Wildman–Crippen LogP) is 0.645. The summed E-state index contributed by atoms with van der Waals surface area (Å²) in [5.74, 6) is 1.32. The average Bonchev–Trinajstić information content (AvgIpc) is 2.82. The molecule has 0 fully saturated rings. The minimum atomic E-state index is 0.406. The molecule has 0 amide bonds. The van der Waals surface area contributed by atoms with Gasteiger partial charge in [-0.15, -0.1) is 10.2 Å². The first-order valence-electron chi connectivity index (χ1n) is 5.19. The molecule has 6 heteroatoms. The van der Waals surface area contributed by atoms with Crippen LogP contribution in [0.5, 0.6) is 0 Å². The number of pyridine rings is 1. The van der Waals surface area contributed by atoms with Gasteiger partial charge in [-0.2, -0.15) is 0 Å². The molecule has 0 unspecified atom stereocenters. The summed E-state index contributed by atoms with van der Waals surface area (Å²) in [6.07, 6.45) is 5.28. The van der Waals surface area contributed by atoms with E-state index in [9.17, 15) is 0 Å². The Kier molecular flexibility index (Phi) is 2.27. The highest BCUT2D eigenvalue weighted by Gasteiger charge is 2.08. The summed E-state index contributed by atoms with van der Waals surface area (Å²) >= 11 is 0. The number of hydrogen-bond acceptors (Lipinski definition) is 5. The Balaban J connectivity index is 2.20. The first kappa shape index (κ1) is 9.86. The maximum atomic E-state index is 5.57. The largest absolute Gasteiger partial charge is 0.325 e. The van der Waals surface area contributed by atoms with Gasteiger partial charge in [0.2, 0.25) is 0 Å². The SMILES string of the molecule is NCc1cc(-c2nnc3ncccn23)ccn1. The van der Waals surface area contributed by atoms with Crippen LogP contribution in [0.1, 0.15) is 5.69 Å². The van der Waals surface area contributed by atoms with Gasteiger partial charge < -0.3 is 5.73 Å². The molecule has 17 heavy (non-hydrogen) atoms. The van der Waals surface area contributed by atoms with E-state index in [0.29, 0.717) is 12.3 Å². The van der Waals surface area contributed by atoms with E-state index in [4.69, 9.17) is 5.73 Å². The molecule has 2 N–H and O–H groups in total. The van der Waals surface area contributed by atoms with Crippen LogP contribution in [0, 0.1) is 0 Å². The summed E-state index contributed by atoms with van der Waals surface area (Å²) in [7, 11) is 0. The predicted molar refractivity (Wildman–Crippen MR) is 61.9 cm³/mol. The quantitative estimate of drug-likeness (QED) is 0.693. The lowest BCUT2D eigenvalue weighted by atomic mass is 10.2. The lowest BCUT2D eigenvalue weighted by molar-refractivity contribution is 0.987. The van der Waals surface area contributed by atoms with Gasteiger partial charge in [-0.05, 0) is 18.2 Å². The lowest BCUT2D eigenvalue weighted by Gasteiger charge is -2.01. The molecule has 0 bridgehead atoms. The first-order valence-corrected chi connectivity index (χ1v) is 5.19. The highest BCUT2D eigenvalue weighted by Crippen LogP contribution is 2.17. The van der Waals surface area contributed by atoms with Crippen molar-refractivity contribution in [2.75, 3.05) is 0 Å². The van der Waals surface area contributed by atoms with E-state index in [1.54, 1.807) is 12.4 Å². The molecule has 0 aromatic carbocycles. The first-order chi connectivity index (χ1) is 8.38. The second-order valence-electron chi connectivity index (χ2n) is 3.55. The molecule has 0 aliphatic rings. The van der Waals surface area contributed by atoms with Crippen LogP contribution >= 0.6 is 0 Å². The Morgan fingerprint density at radius 2 is 2.12 bits per heavy atom. The maximum absolute atomic E-state index is 5.57. The average molecular weight is 226 g/mol. The summed E-state index contributed by atoms with van der Waals surface area (Å²) in [5, 5.41) is 8.12. The van der Waals surface area contributed by atoms with Crippen molar-refractivity contribution in [2.24, 2.45) is 5.73 Å². The van der Waals surface area contributed by atoms with Gasteiger partial charge in [-0.25, -0.2) is 4.98 Å². The van der Waals surface area contributed by atoms with Crippen molar-refractivity contribution in [2.45, 2.75) is 6.54 Å². The molecule has 3 aromatic heterocycles. The van der Waals surface area contributed by atoms with E-state index in [-0.39, 0.29) is 0 Å². The molecular weight excluding hydrogens is 216 g/mol. The Bertz CT molecular complexity index is 660. The molecule has 3 heterocycles. The minimum Gasteiger partial charge on any atom is -0.325 e. The molecule has 3 aromatic rings. The van der Waals surface area contributed by atoms with Crippen LogP contribution in [-0.2, 0) is 6.54 Å². The molecule has 84 valence electrons. The molecule has 0 saturated heterocycles. The Morgan fingerprint density at radius 1 is 1.18 bits per heavy atom. The molecule has 0 radical (unpaired) electrons. The van der Waals surface area contributed by atoms with Crippen molar-refractivity contribution in [3.05, 3.63) is 42.5 Å². The normalized spacial score (nSPS) is 10.9. The van der Waals surface area contributed by atoms with Gasteiger partial charge in [-0.3, -0.25) is 9.38 Å². The van der Waals surface area contributed by atoms with E-state index in [1.807, 2.05) is 28.8 Å². The second-order valence-corrected chi connectivity index (χ2v) is 3.55. The number of hydrogen-bond donors (Lipinski definition) is 1. The highest BCUT2D eigenvalue weighted by molar-refractivity contribution is 5.57. The number of rotatable bonds is 2. The third kappa shape index (κ3) is 1.64. The fourth-order valence-electron chi connectivity index (χ4n) is 1.67. The molecule has 0 aliphatic carbocycles. The second kappa shape index (κ2) is 3.91. The summed E-state index contributed by atoms with van der Waals surface area (Å²) in [5.41, 5.74) is 7.32. The Morgan fingerprint density at radius 3 is 3.00 bits per heavy atom. The van der Waals surface area contributed by atoms with Crippen LogP contribution in [0.2, 0.25) is 0 Å². The summed E-state index contributed by atoms with van der Waals surface area (Å²) in [6, 6.07) is 5.62. The van der Waals surface area contributed by atoms with Gasteiger partial charge in [-0.1, -0.05) is 0 Å². The van der Waals surface area contributed by atoms with E-state index >= 15 is 0 Å². The fraction of sp³-hybridized carbons (Fsp3) is 0.0909. The number of aromatic nitrogens is 5. The third-order valence-corrected chi connectivity index (χ3v) is 2.47. The van der Waals surface area contributed by atoms with E-state index in [0.717, 1.165) is 17.1 Å². The fourth-order valence-corrected chi connectivity index (χ4v) is 1.67. The van der Waals surface area contributed by atoms with Gasteiger partial charge in [0.25, 0.3) is 5.78 Å². The zero-order valence-electron chi connectivity index (χ0n) is 8.98. The van der Waals surface area contributed by atoms with Crippen LogP contribution in [0.3, 0.4) is 0 Å². The lowest BCUT2D eigenvalue weighted by Crippen LogP contribution is -1.99. The van der Waals surface area contributed by atoms with Crippen molar-refractivity contribution in [3.63, 3.8) is 0 Å². The number of nitrogens with zero attached hydrogens (tertiary/aromatic N) is 5. The van der Waals surface area contributed by atoms with Crippen LogP contribution in [0.4, 0.5) is 0 Å². The summed E-state index contributed by atoms with van der Waals surface area (Å²) in [4.78, 5) is 8.27. The zero-order valence-corrected chi connectivity index (χ0v) is 8.98. The molecule has 0 atom stereocenters. The van der Waals surface area contributed by atoms with Crippen LogP contribution in [0.15, 0.2) is 36.8 Å². The van der Waals surface area contributed by atoms with Gasteiger partial charge in [0.1, 0.15) is 0 Å². The monoisotopic (exact) mass is 226 g/mol. The Hall–Kier alpha value is -2.34. The minimum absolute atomic E-state index is 0.406. The van der Waals surface area contributed by atoms with Gasteiger partial charge in [0, 0.05) is 30.7 Å². The van der Waals surface area contributed by atoms with Gasteiger partial charge in [0.15, 0.2) is 5.82 Å². The molecule has 0 saturated carbocycles. The standard InChI is InChI=1S/C11H10N6/c12-7-9-6-8(2-4-13-9)10-15-16-11-14-3-1-5-17(10)11/h1-6H,7,12H2.